The van der Waals surface area contributed by atoms with Gasteiger partial charge in [0.1, 0.15) is 9.97 Å². The van der Waals surface area contributed by atoms with Crippen molar-refractivity contribution >= 4 is 52.3 Å². The molecule has 1 aromatic carbocycles. The second kappa shape index (κ2) is 7.25. The van der Waals surface area contributed by atoms with Crippen LogP contribution in [0.3, 0.4) is 0 Å². The molecule has 9 nitrogen and oxygen atoms in total. The van der Waals surface area contributed by atoms with E-state index in [1.54, 1.807) is 18.2 Å². The van der Waals surface area contributed by atoms with Gasteiger partial charge in [0.25, 0.3) is 5.91 Å². The number of carboxylic acids is 1. The van der Waals surface area contributed by atoms with E-state index in [9.17, 15) is 19.2 Å². The number of hydrogen-bond acceptors (Lipinski definition) is 4. The Bertz CT molecular complexity index is 753. The SMILES string of the molecule is CNC(=O)Nc1ccc2c(c1)CC[C@]2(I)C(=O)N(CC(=O)O)C(=O)O. The van der Waals surface area contributed by atoms with Crippen molar-refractivity contribution in [1.82, 2.24) is 10.2 Å². The van der Waals surface area contributed by atoms with Crippen LogP contribution in [0.15, 0.2) is 18.2 Å². The number of urea groups is 1. The number of carbonyl (C=O) groups is 4. The van der Waals surface area contributed by atoms with Crippen molar-refractivity contribution < 1.29 is 29.4 Å². The lowest BCUT2D eigenvalue weighted by atomic mass is 9.99. The summed E-state index contributed by atoms with van der Waals surface area (Å²) in [5.74, 6) is -2.19. The highest BCUT2D eigenvalue weighted by molar-refractivity contribution is 14.1. The van der Waals surface area contributed by atoms with Crippen LogP contribution in [-0.2, 0) is 19.4 Å². The number of benzene rings is 1. The largest absolute Gasteiger partial charge is 0.480 e. The van der Waals surface area contributed by atoms with Crippen LogP contribution in [0.1, 0.15) is 17.5 Å². The van der Waals surface area contributed by atoms with Crippen LogP contribution in [0.5, 0.6) is 0 Å². The number of anilines is 1. The molecule has 10 heteroatoms. The molecule has 0 aliphatic heterocycles. The molecule has 1 atom stereocenters. The highest BCUT2D eigenvalue weighted by Crippen LogP contribution is 2.46. The van der Waals surface area contributed by atoms with Crippen LogP contribution < -0.4 is 10.6 Å². The normalized spacial score (nSPS) is 18.2. The predicted molar refractivity (Wildman–Crippen MR) is 95.9 cm³/mol. The van der Waals surface area contributed by atoms with E-state index < -0.39 is 27.9 Å². The summed E-state index contributed by atoms with van der Waals surface area (Å²) in [6.45, 7) is -0.912. The van der Waals surface area contributed by atoms with Gasteiger partial charge in [0.05, 0.1) is 0 Å². The van der Waals surface area contributed by atoms with Gasteiger partial charge in [-0.1, -0.05) is 28.7 Å². The van der Waals surface area contributed by atoms with Crippen LogP contribution in [0.2, 0.25) is 0 Å². The van der Waals surface area contributed by atoms with Crippen molar-refractivity contribution in [2.24, 2.45) is 0 Å². The fourth-order valence-corrected chi connectivity index (χ4v) is 3.78. The standard InChI is InChI=1S/C15H16IN3O6/c1-17-13(23)18-9-2-3-10-8(6-9)4-5-15(10,16)12(22)19(14(24)25)7-11(20)21/h2-3,6H,4-5,7H2,1H3,(H,20,21)(H,24,25)(H2,17,18,23)/t15-/m1/s1. The minimum absolute atomic E-state index is 0.320. The van der Waals surface area contributed by atoms with Crippen LogP contribution >= 0.6 is 22.6 Å². The van der Waals surface area contributed by atoms with Crippen LogP contribution in [-0.4, -0.2) is 52.7 Å². The van der Waals surface area contributed by atoms with E-state index in [4.69, 9.17) is 10.2 Å². The summed E-state index contributed by atoms with van der Waals surface area (Å²) in [6, 6.07) is 4.61. The first-order valence-electron chi connectivity index (χ1n) is 7.26. The maximum atomic E-state index is 12.7. The van der Waals surface area contributed by atoms with Crippen LogP contribution in [0.4, 0.5) is 15.3 Å². The lowest BCUT2D eigenvalue weighted by molar-refractivity contribution is -0.143. The quantitative estimate of drug-likeness (QED) is 0.398. The van der Waals surface area contributed by atoms with E-state index in [0.29, 0.717) is 29.0 Å². The number of hydrogen-bond donors (Lipinski definition) is 4. The van der Waals surface area contributed by atoms with Crippen LogP contribution in [0.25, 0.3) is 0 Å². The van der Waals surface area contributed by atoms with Gasteiger partial charge in [-0.2, -0.15) is 0 Å². The van der Waals surface area contributed by atoms with Crippen molar-refractivity contribution in [1.29, 1.82) is 0 Å². The Morgan fingerprint density at radius 3 is 2.52 bits per heavy atom. The highest BCUT2D eigenvalue weighted by Gasteiger charge is 2.47. The van der Waals surface area contributed by atoms with Gasteiger partial charge in [0.2, 0.25) is 0 Å². The number of nitrogens with zero attached hydrogens (tertiary/aromatic N) is 1. The Balaban J connectivity index is 2.33. The van der Waals surface area contributed by atoms with Crippen molar-refractivity contribution in [3.8, 4) is 0 Å². The van der Waals surface area contributed by atoms with Gasteiger partial charge in [0.15, 0.2) is 0 Å². The van der Waals surface area contributed by atoms with E-state index in [1.165, 1.54) is 7.05 Å². The van der Waals surface area contributed by atoms with E-state index in [1.807, 2.05) is 22.6 Å². The molecule has 2 rings (SSSR count). The molecular weight excluding hydrogens is 445 g/mol. The molecule has 4 amide bonds. The number of halogens is 1. The van der Waals surface area contributed by atoms with Gasteiger partial charge in [-0.15, -0.1) is 0 Å². The third-order valence-corrected chi connectivity index (χ3v) is 5.45. The van der Waals surface area contributed by atoms with Crippen molar-refractivity contribution in [3.63, 3.8) is 0 Å². The van der Waals surface area contributed by atoms with Gasteiger partial charge < -0.3 is 20.8 Å². The number of aryl methyl sites for hydroxylation is 1. The Morgan fingerprint density at radius 1 is 1.28 bits per heavy atom. The summed E-state index contributed by atoms with van der Waals surface area (Å²) in [4.78, 5) is 46.5. The van der Waals surface area contributed by atoms with Gasteiger partial charge in [0, 0.05) is 12.7 Å². The first-order chi connectivity index (χ1) is 11.7. The van der Waals surface area contributed by atoms with E-state index in [0.717, 1.165) is 5.56 Å². The fourth-order valence-electron chi connectivity index (χ4n) is 2.70. The summed E-state index contributed by atoms with van der Waals surface area (Å²) >= 11 is 1.88. The molecule has 0 aromatic heterocycles. The summed E-state index contributed by atoms with van der Waals surface area (Å²) in [7, 11) is 1.49. The lowest BCUT2D eigenvalue weighted by Gasteiger charge is -2.27. The van der Waals surface area contributed by atoms with Gasteiger partial charge in [-0.3, -0.25) is 9.59 Å². The average molecular weight is 461 g/mol. The molecule has 0 radical (unpaired) electrons. The minimum atomic E-state index is -1.60. The maximum absolute atomic E-state index is 12.7. The minimum Gasteiger partial charge on any atom is -0.480 e. The van der Waals surface area contributed by atoms with Gasteiger partial charge >= 0.3 is 18.1 Å². The van der Waals surface area contributed by atoms with Crippen molar-refractivity contribution in [2.75, 3.05) is 18.9 Å². The summed E-state index contributed by atoms with van der Waals surface area (Å²) in [5.41, 5.74) is 1.97. The number of amides is 4. The Hall–Kier alpha value is -2.37. The average Bonchev–Trinajstić information content (AvgIpc) is 2.89. The van der Waals surface area contributed by atoms with Crippen molar-refractivity contribution in [2.45, 2.75) is 16.3 Å². The third-order valence-electron chi connectivity index (χ3n) is 3.86. The van der Waals surface area contributed by atoms with E-state index in [2.05, 4.69) is 10.6 Å². The molecule has 1 aliphatic carbocycles. The fraction of sp³-hybridized carbons (Fsp3) is 0.333. The summed E-state index contributed by atoms with van der Waals surface area (Å²) in [6.07, 6.45) is -0.752. The zero-order valence-electron chi connectivity index (χ0n) is 13.2. The zero-order valence-corrected chi connectivity index (χ0v) is 15.4. The Kier molecular flexibility index (Phi) is 5.50. The molecule has 1 aromatic rings. The Labute approximate surface area is 156 Å². The van der Waals surface area contributed by atoms with Gasteiger partial charge in [-0.25, -0.2) is 14.5 Å². The summed E-state index contributed by atoms with van der Waals surface area (Å²) in [5, 5.41) is 23.1. The molecule has 1 aliphatic rings. The van der Waals surface area contributed by atoms with Gasteiger partial charge in [-0.05, 0) is 36.1 Å². The monoisotopic (exact) mass is 461 g/mol. The summed E-state index contributed by atoms with van der Waals surface area (Å²) < 4.78 is -1.16. The second-order valence-electron chi connectivity index (χ2n) is 5.44. The smallest absolute Gasteiger partial charge is 0.414 e. The maximum Gasteiger partial charge on any atom is 0.414 e. The number of rotatable bonds is 4. The molecule has 0 fully saturated rings. The number of imide groups is 1. The first-order valence-corrected chi connectivity index (χ1v) is 8.34. The molecular formula is C15H16IN3O6. The topological polar surface area (TPSA) is 136 Å². The molecule has 0 saturated heterocycles. The molecule has 0 heterocycles. The van der Waals surface area contributed by atoms with E-state index in [-0.39, 0.29) is 6.03 Å². The Morgan fingerprint density at radius 2 is 1.96 bits per heavy atom. The number of aliphatic carboxylic acids is 1. The number of alkyl halides is 1. The molecule has 0 saturated carbocycles. The molecule has 0 spiro atoms. The first kappa shape index (κ1) is 19.0. The highest BCUT2D eigenvalue weighted by atomic mass is 127. The van der Waals surface area contributed by atoms with E-state index >= 15 is 0 Å². The number of fused-ring (bicyclic) bond motifs is 1. The third kappa shape index (κ3) is 3.83. The lowest BCUT2D eigenvalue weighted by Crippen LogP contribution is -2.47. The molecule has 25 heavy (non-hydrogen) atoms. The number of carboxylic acid groups (broad SMARTS) is 2. The van der Waals surface area contributed by atoms with Crippen LogP contribution in [0, 0.1) is 0 Å². The number of nitrogens with one attached hydrogen (secondary N) is 2. The molecule has 134 valence electrons. The second-order valence-corrected chi connectivity index (χ2v) is 7.29. The molecule has 4 N–H and O–H groups in total. The number of carbonyl (C=O) groups excluding carboxylic acids is 2. The molecule has 0 bridgehead atoms. The predicted octanol–water partition coefficient (Wildman–Crippen LogP) is 1.61. The van der Waals surface area contributed by atoms with Crippen molar-refractivity contribution in [3.05, 3.63) is 29.3 Å². The molecule has 0 unspecified atom stereocenters. The zero-order chi connectivity index (χ0) is 18.8.